The number of carboxylic acids is 1. The Morgan fingerprint density at radius 3 is 2.40 bits per heavy atom. The summed E-state index contributed by atoms with van der Waals surface area (Å²) in [5, 5.41) is 14.4. The zero-order valence-electron chi connectivity index (χ0n) is 26.7. The van der Waals surface area contributed by atoms with Crippen molar-refractivity contribution in [1.29, 1.82) is 0 Å². The largest absolute Gasteiger partial charge is 0.494 e. The van der Waals surface area contributed by atoms with Crippen molar-refractivity contribution < 1.29 is 19.4 Å². The Morgan fingerprint density at radius 2 is 1.73 bits per heavy atom. The number of carbonyl (C=O) groups is 1. The number of nitrogens with zero attached hydrogens (tertiary/aromatic N) is 4. The fourth-order valence-electron chi connectivity index (χ4n) is 5.44. The lowest BCUT2D eigenvalue weighted by Crippen LogP contribution is -2.22. The molecule has 2 aromatic heterocycles. The lowest BCUT2D eigenvalue weighted by Gasteiger charge is -2.18. The highest BCUT2D eigenvalue weighted by Gasteiger charge is 2.19. The van der Waals surface area contributed by atoms with Crippen molar-refractivity contribution in [3.8, 4) is 28.6 Å². The highest BCUT2D eigenvalue weighted by atomic mass is 16.5. The van der Waals surface area contributed by atoms with Gasteiger partial charge in [-0.1, -0.05) is 26.0 Å². The van der Waals surface area contributed by atoms with Crippen LogP contribution in [0.4, 0.5) is 0 Å². The Hall–Kier alpha value is -5.18. The summed E-state index contributed by atoms with van der Waals surface area (Å²) in [6.07, 6.45) is 0.745. The monoisotopic (exact) mass is 606 g/mol. The molecule has 45 heavy (non-hydrogen) atoms. The molecule has 0 fully saturated rings. The number of carboxylic acid groups (broad SMARTS) is 1. The first kappa shape index (κ1) is 31.3. The second-order valence-electron chi connectivity index (χ2n) is 11.4. The van der Waals surface area contributed by atoms with E-state index in [9.17, 15) is 9.59 Å². The van der Waals surface area contributed by atoms with Gasteiger partial charge in [-0.15, -0.1) is 0 Å². The molecule has 0 saturated carbocycles. The number of benzene rings is 3. The number of hydrogen-bond donors (Lipinski definition) is 1. The van der Waals surface area contributed by atoms with E-state index in [0.29, 0.717) is 29.1 Å². The summed E-state index contributed by atoms with van der Waals surface area (Å²) in [4.78, 5) is 30.0. The molecule has 9 nitrogen and oxygen atoms in total. The van der Waals surface area contributed by atoms with Crippen LogP contribution in [0.5, 0.6) is 11.5 Å². The van der Waals surface area contributed by atoms with Gasteiger partial charge in [-0.25, -0.2) is 9.78 Å². The zero-order valence-corrected chi connectivity index (χ0v) is 26.7. The van der Waals surface area contributed by atoms with Crippen LogP contribution in [0.2, 0.25) is 0 Å². The second kappa shape index (κ2) is 12.8. The van der Waals surface area contributed by atoms with E-state index in [2.05, 4.69) is 24.5 Å². The summed E-state index contributed by atoms with van der Waals surface area (Å²) in [5.74, 6) is 0.926. The van der Waals surface area contributed by atoms with E-state index in [1.165, 1.54) is 11.6 Å². The molecule has 0 spiro atoms. The summed E-state index contributed by atoms with van der Waals surface area (Å²) in [5.41, 5.74) is 6.73. The topological polar surface area (TPSA) is 108 Å². The van der Waals surface area contributed by atoms with Crippen LogP contribution >= 0.6 is 0 Å². The molecular weight excluding hydrogens is 568 g/mol. The van der Waals surface area contributed by atoms with Crippen LogP contribution in [0, 0.1) is 20.8 Å². The number of fused-ring (bicyclic) bond motifs is 1. The molecule has 0 saturated heterocycles. The van der Waals surface area contributed by atoms with Gasteiger partial charge in [0, 0.05) is 28.2 Å². The number of hydrogen-bond acceptors (Lipinski definition) is 6. The number of aryl methyl sites for hydroxylation is 2. The van der Waals surface area contributed by atoms with Gasteiger partial charge < -0.3 is 19.1 Å². The molecule has 1 atom stereocenters. The lowest BCUT2D eigenvalue weighted by molar-refractivity contribution is -0.144. The Labute approximate surface area is 262 Å². The molecule has 9 heteroatoms. The Bertz CT molecular complexity index is 1970. The van der Waals surface area contributed by atoms with Crippen molar-refractivity contribution in [2.24, 2.45) is 5.10 Å². The molecule has 2 heterocycles. The van der Waals surface area contributed by atoms with Gasteiger partial charge >= 0.3 is 5.97 Å². The van der Waals surface area contributed by atoms with Crippen LogP contribution in [0.3, 0.4) is 0 Å². The minimum Gasteiger partial charge on any atom is -0.494 e. The van der Waals surface area contributed by atoms with E-state index in [-0.39, 0.29) is 11.5 Å². The molecule has 0 unspecified atom stereocenters. The van der Waals surface area contributed by atoms with Crippen LogP contribution < -0.4 is 15.0 Å². The normalized spacial score (nSPS) is 12.3. The van der Waals surface area contributed by atoms with Crippen molar-refractivity contribution >= 4 is 23.1 Å². The van der Waals surface area contributed by atoms with Gasteiger partial charge in [0.05, 0.1) is 23.7 Å². The summed E-state index contributed by atoms with van der Waals surface area (Å²) >= 11 is 0. The standard InChI is InChI=1S/C36H38N4O5/c1-8-44-33-17-22(4)31(19-30(33)21(2)3)34-38-32-12-10-9-11-29(32)35(41)40(34)37-20-26-18-23(5)39(24(26)6)27-13-15-28(16-14-27)45-25(7)36(42)43/h9-21,25H,8H2,1-7H3,(H,42,43)/t25-/m1/s1. The summed E-state index contributed by atoms with van der Waals surface area (Å²) in [6.45, 7) is 14.2. The average Bonchev–Trinajstić information content (AvgIpc) is 3.29. The van der Waals surface area contributed by atoms with E-state index in [4.69, 9.17) is 24.7 Å². The number of ether oxygens (including phenoxy) is 2. The fraction of sp³-hybridized carbons (Fsp3) is 0.278. The Kier molecular flexibility index (Phi) is 8.90. The third-order valence-electron chi connectivity index (χ3n) is 7.81. The molecule has 0 amide bonds. The van der Waals surface area contributed by atoms with Gasteiger partial charge in [-0.3, -0.25) is 4.79 Å². The van der Waals surface area contributed by atoms with E-state index in [1.807, 2.05) is 70.2 Å². The maximum Gasteiger partial charge on any atom is 0.344 e. The predicted molar refractivity (Wildman–Crippen MR) is 177 cm³/mol. The van der Waals surface area contributed by atoms with Gasteiger partial charge in [0.15, 0.2) is 11.9 Å². The first-order valence-corrected chi connectivity index (χ1v) is 15.0. The molecule has 5 rings (SSSR count). The number of para-hydroxylation sites is 1. The van der Waals surface area contributed by atoms with Gasteiger partial charge in [0.1, 0.15) is 11.5 Å². The minimum atomic E-state index is -1.03. The highest BCUT2D eigenvalue weighted by molar-refractivity contribution is 5.84. The van der Waals surface area contributed by atoms with Gasteiger partial charge in [0.2, 0.25) is 0 Å². The van der Waals surface area contributed by atoms with Crippen molar-refractivity contribution in [2.45, 2.75) is 60.5 Å². The SMILES string of the molecule is CCOc1cc(C)c(-c2nc3ccccc3c(=O)n2N=Cc2cc(C)n(-c3ccc(O[C@H](C)C(=O)O)cc3)c2C)cc1C(C)C. The summed E-state index contributed by atoms with van der Waals surface area (Å²) in [7, 11) is 0. The van der Waals surface area contributed by atoms with Crippen LogP contribution in [-0.2, 0) is 4.79 Å². The molecule has 0 aliphatic carbocycles. The molecule has 0 aliphatic rings. The summed E-state index contributed by atoms with van der Waals surface area (Å²) < 4.78 is 14.9. The van der Waals surface area contributed by atoms with E-state index in [0.717, 1.165) is 45.1 Å². The van der Waals surface area contributed by atoms with Crippen molar-refractivity contribution in [3.05, 3.63) is 105 Å². The van der Waals surface area contributed by atoms with Crippen LogP contribution in [-0.4, -0.2) is 44.2 Å². The number of aliphatic carboxylic acids is 1. The summed E-state index contributed by atoms with van der Waals surface area (Å²) in [6, 6.07) is 20.6. The van der Waals surface area contributed by atoms with E-state index in [1.54, 1.807) is 24.4 Å². The maximum atomic E-state index is 13.9. The van der Waals surface area contributed by atoms with Crippen molar-refractivity contribution in [2.75, 3.05) is 6.61 Å². The third kappa shape index (κ3) is 6.24. The molecular formula is C36H38N4O5. The molecule has 3 aromatic carbocycles. The van der Waals surface area contributed by atoms with Gasteiger partial charge in [-0.2, -0.15) is 9.78 Å². The molecule has 0 radical (unpaired) electrons. The van der Waals surface area contributed by atoms with E-state index < -0.39 is 12.1 Å². The average molecular weight is 607 g/mol. The van der Waals surface area contributed by atoms with Crippen molar-refractivity contribution in [3.63, 3.8) is 0 Å². The van der Waals surface area contributed by atoms with Crippen LogP contribution in [0.1, 0.15) is 61.7 Å². The molecule has 0 aliphatic heterocycles. The molecule has 232 valence electrons. The zero-order chi connectivity index (χ0) is 32.4. The first-order chi connectivity index (χ1) is 21.5. The van der Waals surface area contributed by atoms with Crippen LogP contribution in [0.15, 0.2) is 76.6 Å². The smallest absolute Gasteiger partial charge is 0.344 e. The lowest BCUT2D eigenvalue weighted by atomic mass is 9.96. The highest BCUT2D eigenvalue weighted by Crippen LogP contribution is 2.34. The third-order valence-corrected chi connectivity index (χ3v) is 7.81. The fourth-order valence-corrected chi connectivity index (χ4v) is 5.44. The predicted octanol–water partition coefficient (Wildman–Crippen LogP) is 7.04. The second-order valence-corrected chi connectivity index (χ2v) is 11.4. The van der Waals surface area contributed by atoms with Gasteiger partial charge in [0.25, 0.3) is 5.56 Å². The first-order valence-electron chi connectivity index (χ1n) is 15.0. The minimum absolute atomic E-state index is 0.196. The quantitative estimate of drug-likeness (QED) is 0.171. The molecule has 1 N–H and O–H groups in total. The number of aromatic nitrogens is 3. The Balaban J connectivity index is 1.60. The maximum absolute atomic E-state index is 13.9. The Morgan fingerprint density at radius 1 is 1.02 bits per heavy atom. The molecule has 0 bridgehead atoms. The molecule has 5 aromatic rings. The van der Waals surface area contributed by atoms with Crippen molar-refractivity contribution in [1.82, 2.24) is 14.2 Å². The number of rotatable bonds is 10. The van der Waals surface area contributed by atoms with Gasteiger partial charge in [-0.05, 0) is 106 Å². The van der Waals surface area contributed by atoms with Crippen LogP contribution in [0.25, 0.3) is 28.0 Å². The van der Waals surface area contributed by atoms with E-state index >= 15 is 0 Å².